The van der Waals surface area contributed by atoms with E-state index in [0.29, 0.717) is 49.9 Å². The molecule has 1 unspecified atom stereocenters. The Morgan fingerprint density at radius 2 is 1.94 bits per heavy atom. The molecule has 2 aromatic rings. The molecule has 1 aliphatic rings. The van der Waals surface area contributed by atoms with Gasteiger partial charge in [0.25, 0.3) is 0 Å². The minimum Gasteiger partial charge on any atom is -0.496 e. The van der Waals surface area contributed by atoms with E-state index in [9.17, 15) is 13.6 Å². The summed E-state index contributed by atoms with van der Waals surface area (Å²) in [5.74, 6) is -0.590. The number of rotatable bonds is 7. The molecule has 1 heterocycles. The standard InChI is InChI=1S/C23H28F2N4O3.HI/c1-4-26-23(27-13-15-8-9-20(31-2)17(12-15)22(30)32-3)28-16-10-11-29(14-16)21-18(24)6-5-7-19(21)25;/h5-9,12,16H,4,10-11,13-14H2,1-3H3,(H2,26,27,28);1H. The molecular formula is C23H29F2IN4O3. The molecule has 7 nitrogen and oxygen atoms in total. The van der Waals surface area contributed by atoms with Crippen molar-refractivity contribution in [3.63, 3.8) is 0 Å². The number of methoxy groups -OCH3 is 2. The smallest absolute Gasteiger partial charge is 0.341 e. The van der Waals surface area contributed by atoms with E-state index in [4.69, 9.17) is 9.47 Å². The van der Waals surface area contributed by atoms with Gasteiger partial charge in [-0.2, -0.15) is 0 Å². The number of carbonyl (C=O) groups excluding carboxylic acids is 1. The Bertz CT molecular complexity index is 970. The third-order valence-corrected chi connectivity index (χ3v) is 5.22. The number of guanidine groups is 1. The maximum absolute atomic E-state index is 14.1. The highest BCUT2D eigenvalue weighted by Gasteiger charge is 2.27. The zero-order chi connectivity index (χ0) is 23.1. The summed E-state index contributed by atoms with van der Waals surface area (Å²) in [5.41, 5.74) is 1.15. The molecule has 0 radical (unpaired) electrons. The number of carbonyl (C=O) groups is 1. The topological polar surface area (TPSA) is 75.2 Å². The largest absolute Gasteiger partial charge is 0.496 e. The molecule has 1 aliphatic heterocycles. The molecular weight excluding hydrogens is 545 g/mol. The molecule has 0 spiro atoms. The van der Waals surface area contributed by atoms with Crippen molar-refractivity contribution < 1.29 is 23.0 Å². The third kappa shape index (κ3) is 6.68. The van der Waals surface area contributed by atoms with Crippen LogP contribution in [-0.2, 0) is 11.3 Å². The summed E-state index contributed by atoms with van der Waals surface area (Å²) in [6.07, 6.45) is 0.715. The minimum atomic E-state index is -0.563. The lowest BCUT2D eigenvalue weighted by Gasteiger charge is -2.21. The second kappa shape index (κ2) is 12.6. The molecule has 180 valence electrons. The lowest BCUT2D eigenvalue weighted by Crippen LogP contribution is -2.44. The van der Waals surface area contributed by atoms with Crippen molar-refractivity contribution >= 4 is 41.6 Å². The molecule has 2 aromatic carbocycles. The Balaban J connectivity index is 0.00000385. The summed E-state index contributed by atoms with van der Waals surface area (Å²) >= 11 is 0. The Kier molecular flexibility index (Phi) is 10.1. The van der Waals surface area contributed by atoms with Gasteiger partial charge < -0.3 is 25.0 Å². The second-order valence-corrected chi connectivity index (χ2v) is 7.37. The van der Waals surface area contributed by atoms with Crippen LogP contribution >= 0.6 is 24.0 Å². The van der Waals surface area contributed by atoms with Crippen molar-refractivity contribution in [3.8, 4) is 5.75 Å². The number of esters is 1. The van der Waals surface area contributed by atoms with Gasteiger partial charge in [0, 0.05) is 25.7 Å². The van der Waals surface area contributed by atoms with E-state index < -0.39 is 17.6 Å². The number of hydrogen-bond donors (Lipinski definition) is 2. The van der Waals surface area contributed by atoms with Gasteiger partial charge >= 0.3 is 5.97 Å². The van der Waals surface area contributed by atoms with Gasteiger partial charge in [-0.15, -0.1) is 24.0 Å². The summed E-state index contributed by atoms with van der Waals surface area (Å²) in [5, 5.41) is 6.52. The van der Waals surface area contributed by atoms with Gasteiger partial charge in [-0.1, -0.05) is 12.1 Å². The van der Waals surface area contributed by atoms with Crippen molar-refractivity contribution in [1.82, 2.24) is 10.6 Å². The summed E-state index contributed by atoms with van der Waals surface area (Å²) in [4.78, 5) is 18.3. The predicted molar refractivity (Wildman–Crippen MR) is 135 cm³/mol. The number of aliphatic imine (C=N–C) groups is 1. The first-order valence-electron chi connectivity index (χ1n) is 10.5. The lowest BCUT2D eigenvalue weighted by atomic mass is 10.1. The third-order valence-electron chi connectivity index (χ3n) is 5.22. The first-order chi connectivity index (χ1) is 15.5. The monoisotopic (exact) mass is 574 g/mol. The quantitative estimate of drug-likeness (QED) is 0.228. The predicted octanol–water partition coefficient (Wildman–Crippen LogP) is 3.71. The van der Waals surface area contributed by atoms with Crippen LogP contribution in [0.4, 0.5) is 14.5 Å². The molecule has 0 bridgehead atoms. The minimum absolute atomic E-state index is 0. The Morgan fingerprint density at radius 1 is 1.21 bits per heavy atom. The molecule has 0 saturated carbocycles. The highest BCUT2D eigenvalue weighted by molar-refractivity contribution is 14.0. The number of nitrogens with one attached hydrogen (secondary N) is 2. The Morgan fingerprint density at radius 3 is 2.58 bits per heavy atom. The van der Waals surface area contributed by atoms with E-state index in [-0.39, 0.29) is 35.7 Å². The molecule has 0 aliphatic carbocycles. The molecule has 1 fully saturated rings. The zero-order valence-corrected chi connectivity index (χ0v) is 21.2. The number of benzene rings is 2. The van der Waals surface area contributed by atoms with Crippen molar-refractivity contribution in [2.75, 3.05) is 38.8 Å². The fourth-order valence-electron chi connectivity index (χ4n) is 3.68. The van der Waals surface area contributed by atoms with Gasteiger partial charge in [-0.3, -0.25) is 0 Å². The van der Waals surface area contributed by atoms with Crippen LogP contribution in [0.15, 0.2) is 41.4 Å². The fraction of sp³-hybridized carbons (Fsp3) is 0.391. The van der Waals surface area contributed by atoms with Crippen molar-refractivity contribution in [2.24, 2.45) is 4.99 Å². The normalized spacial score (nSPS) is 15.6. The van der Waals surface area contributed by atoms with Gasteiger partial charge in [-0.25, -0.2) is 18.6 Å². The lowest BCUT2D eigenvalue weighted by molar-refractivity contribution is 0.0597. The summed E-state index contributed by atoms with van der Waals surface area (Å²) in [6, 6.07) is 9.10. The first-order valence-corrected chi connectivity index (χ1v) is 10.5. The number of hydrogen-bond acceptors (Lipinski definition) is 5. The van der Waals surface area contributed by atoms with Crippen LogP contribution in [0.1, 0.15) is 29.3 Å². The number of halogens is 3. The molecule has 0 amide bonds. The summed E-state index contributed by atoms with van der Waals surface area (Å²) < 4.78 is 38.3. The first kappa shape index (κ1) is 26.6. The maximum Gasteiger partial charge on any atom is 0.341 e. The maximum atomic E-state index is 14.1. The molecule has 3 rings (SSSR count). The zero-order valence-electron chi connectivity index (χ0n) is 18.9. The van der Waals surface area contributed by atoms with Crippen molar-refractivity contribution in [1.29, 1.82) is 0 Å². The van der Waals surface area contributed by atoms with Crippen LogP contribution < -0.4 is 20.3 Å². The summed E-state index contributed by atoms with van der Waals surface area (Å²) in [7, 11) is 2.81. The molecule has 33 heavy (non-hydrogen) atoms. The van der Waals surface area contributed by atoms with E-state index >= 15 is 0 Å². The Labute approximate surface area is 209 Å². The van der Waals surface area contributed by atoms with Crippen LogP contribution in [0.5, 0.6) is 5.75 Å². The second-order valence-electron chi connectivity index (χ2n) is 7.37. The number of anilines is 1. The molecule has 10 heteroatoms. The van der Waals surface area contributed by atoms with E-state index in [2.05, 4.69) is 15.6 Å². The van der Waals surface area contributed by atoms with Crippen LogP contribution in [0, 0.1) is 11.6 Å². The van der Waals surface area contributed by atoms with E-state index in [1.807, 2.05) is 13.0 Å². The van der Waals surface area contributed by atoms with E-state index in [1.54, 1.807) is 17.0 Å². The van der Waals surface area contributed by atoms with E-state index in [1.165, 1.54) is 32.4 Å². The molecule has 1 saturated heterocycles. The van der Waals surface area contributed by atoms with Gasteiger partial charge in [0.2, 0.25) is 0 Å². The van der Waals surface area contributed by atoms with Crippen LogP contribution in [0.25, 0.3) is 0 Å². The van der Waals surface area contributed by atoms with Gasteiger partial charge in [-0.05, 0) is 43.2 Å². The van der Waals surface area contributed by atoms with E-state index in [0.717, 1.165) is 5.56 Å². The molecule has 0 aromatic heterocycles. The summed E-state index contributed by atoms with van der Waals surface area (Å²) in [6.45, 7) is 3.92. The van der Waals surface area contributed by atoms with Crippen LogP contribution in [0.2, 0.25) is 0 Å². The van der Waals surface area contributed by atoms with Crippen LogP contribution in [0.3, 0.4) is 0 Å². The fourth-order valence-corrected chi connectivity index (χ4v) is 3.68. The van der Waals surface area contributed by atoms with Crippen molar-refractivity contribution in [2.45, 2.75) is 25.9 Å². The van der Waals surface area contributed by atoms with Crippen LogP contribution in [-0.4, -0.2) is 51.8 Å². The number of para-hydroxylation sites is 1. The highest BCUT2D eigenvalue weighted by atomic mass is 127. The number of ether oxygens (including phenoxy) is 2. The Hall–Kier alpha value is -2.63. The molecule has 1 atom stereocenters. The van der Waals surface area contributed by atoms with Gasteiger partial charge in [0.05, 0.1) is 20.8 Å². The van der Waals surface area contributed by atoms with Gasteiger partial charge in [0.15, 0.2) is 5.96 Å². The number of nitrogens with zero attached hydrogens (tertiary/aromatic N) is 2. The van der Waals surface area contributed by atoms with Crippen molar-refractivity contribution in [3.05, 3.63) is 59.2 Å². The average molecular weight is 574 g/mol. The molecule has 2 N–H and O–H groups in total. The highest BCUT2D eigenvalue weighted by Crippen LogP contribution is 2.27. The average Bonchev–Trinajstić information content (AvgIpc) is 3.24. The van der Waals surface area contributed by atoms with Gasteiger partial charge in [0.1, 0.15) is 28.6 Å². The SMILES string of the molecule is CCNC(=NCc1ccc(OC)c(C(=O)OC)c1)NC1CCN(c2c(F)cccc2F)C1.I.